The van der Waals surface area contributed by atoms with E-state index in [1.54, 1.807) is 12.1 Å². The SMILES string of the molecule is O=C(c1cc(-c2ccc(O)cc2)nc2[nH]nc([C@@H]3C[C@H]3c3ccccc3)c12)N1CCNCC1. The molecule has 3 N–H and O–H groups in total. The first-order chi connectivity index (χ1) is 16.2. The number of benzene rings is 2. The van der Waals surface area contributed by atoms with E-state index in [9.17, 15) is 9.90 Å². The number of aromatic amines is 1. The van der Waals surface area contributed by atoms with E-state index >= 15 is 0 Å². The molecule has 1 aliphatic heterocycles. The summed E-state index contributed by atoms with van der Waals surface area (Å²) < 4.78 is 0. The molecule has 0 bridgehead atoms. The molecule has 2 fully saturated rings. The molecular weight excluding hydrogens is 414 g/mol. The lowest BCUT2D eigenvalue weighted by Gasteiger charge is -2.27. The van der Waals surface area contributed by atoms with Crippen LogP contribution in [0.2, 0.25) is 0 Å². The maximum atomic E-state index is 13.7. The Labute approximate surface area is 191 Å². The number of rotatable bonds is 4. The van der Waals surface area contributed by atoms with Crippen LogP contribution in [0.1, 0.15) is 39.9 Å². The predicted molar refractivity (Wildman–Crippen MR) is 126 cm³/mol. The Kier molecular flexibility index (Phi) is 4.84. The zero-order valence-corrected chi connectivity index (χ0v) is 18.2. The van der Waals surface area contributed by atoms with Crippen LogP contribution in [0.15, 0.2) is 60.7 Å². The minimum Gasteiger partial charge on any atom is -0.508 e. The molecule has 6 rings (SSSR count). The molecule has 1 saturated heterocycles. The molecule has 7 nitrogen and oxygen atoms in total. The number of carbonyl (C=O) groups is 1. The number of fused-ring (bicyclic) bond motifs is 1. The van der Waals surface area contributed by atoms with Gasteiger partial charge < -0.3 is 15.3 Å². The number of pyridine rings is 1. The fourth-order valence-corrected chi connectivity index (χ4v) is 4.88. The van der Waals surface area contributed by atoms with Gasteiger partial charge in [-0.1, -0.05) is 30.3 Å². The van der Waals surface area contributed by atoms with Crippen LogP contribution in [-0.4, -0.2) is 57.3 Å². The minimum atomic E-state index is 0.0171. The summed E-state index contributed by atoms with van der Waals surface area (Å²) in [6.07, 6.45) is 1.02. The van der Waals surface area contributed by atoms with Gasteiger partial charge in [0.1, 0.15) is 5.75 Å². The van der Waals surface area contributed by atoms with E-state index in [1.807, 2.05) is 29.2 Å². The standard InChI is InChI=1S/C26H25N5O2/c32-18-8-6-17(7-9-18)22-15-21(26(33)31-12-10-27-11-13-31)23-24(29-30-25(23)28-22)20-14-19(20)16-4-2-1-3-5-16/h1-9,15,19-20,27,32H,10-14H2,(H,28,29,30)/t19-,20+/m0/s1. The number of nitrogens with one attached hydrogen (secondary N) is 2. The lowest BCUT2D eigenvalue weighted by molar-refractivity contribution is 0.0737. The maximum absolute atomic E-state index is 13.7. The van der Waals surface area contributed by atoms with Gasteiger partial charge in [-0.2, -0.15) is 5.10 Å². The Morgan fingerprint density at radius 2 is 1.76 bits per heavy atom. The number of H-pyrrole nitrogens is 1. The topological polar surface area (TPSA) is 94.1 Å². The summed E-state index contributed by atoms with van der Waals surface area (Å²) in [4.78, 5) is 20.4. The molecule has 2 aliphatic rings. The summed E-state index contributed by atoms with van der Waals surface area (Å²) in [6.45, 7) is 2.95. The monoisotopic (exact) mass is 439 g/mol. The van der Waals surface area contributed by atoms with Crippen molar-refractivity contribution in [2.24, 2.45) is 0 Å². The molecular formula is C26H25N5O2. The zero-order chi connectivity index (χ0) is 22.4. The van der Waals surface area contributed by atoms with E-state index in [2.05, 4.69) is 39.8 Å². The molecule has 2 aromatic carbocycles. The quantitative estimate of drug-likeness (QED) is 0.451. The van der Waals surface area contributed by atoms with Crippen LogP contribution in [0.4, 0.5) is 0 Å². The van der Waals surface area contributed by atoms with Gasteiger partial charge in [0.15, 0.2) is 5.65 Å². The molecule has 3 heterocycles. The number of piperazine rings is 1. The van der Waals surface area contributed by atoms with Crippen molar-refractivity contribution in [1.82, 2.24) is 25.4 Å². The van der Waals surface area contributed by atoms with Crippen molar-refractivity contribution in [3.8, 4) is 17.0 Å². The largest absolute Gasteiger partial charge is 0.508 e. The molecule has 0 unspecified atom stereocenters. The zero-order valence-electron chi connectivity index (χ0n) is 18.2. The highest BCUT2D eigenvalue weighted by atomic mass is 16.3. The molecule has 33 heavy (non-hydrogen) atoms. The number of hydrogen-bond acceptors (Lipinski definition) is 5. The van der Waals surface area contributed by atoms with E-state index in [4.69, 9.17) is 4.98 Å². The highest BCUT2D eigenvalue weighted by Gasteiger charge is 2.43. The summed E-state index contributed by atoms with van der Waals surface area (Å²) in [5, 5.41) is 21.6. The average Bonchev–Trinajstić information content (AvgIpc) is 3.55. The molecule has 1 aliphatic carbocycles. The Morgan fingerprint density at radius 3 is 2.52 bits per heavy atom. The van der Waals surface area contributed by atoms with Crippen molar-refractivity contribution < 1.29 is 9.90 Å². The van der Waals surface area contributed by atoms with Crippen molar-refractivity contribution in [2.75, 3.05) is 26.2 Å². The van der Waals surface area contributed by atoms with Crippen molar-refractivity contribution in [3.63, 3.8) is 0 Å². The summed E-state index contributed by atoms with van der Waals surface area (Å²) in [5.41, 5.74) is 5.05. The van der Waals surface area contributed by atoms with Gasteiger partial charge >= 0.3 is 0 Å². The molecule has 2 atom stereocenters. The number of aromatic nitrogens is 3. The lowest BCUT2D eigenvalue weighted by atomic mass is 10.0. The number of phenols is 1. The highest BCUT2D eigenvalue weighted by molar-refractivity contribution is 6.07. The number of carbonyl (C=O) groups excluding carboxylic acids is 1. The number of phenolic OH excluding ortho intramolecular Hbond substituents is 1. The molecule has 166 valence electrons. The lowest BCUT2D eigenvalue weighted by Crippen LogP contribution is -2.46. The highest BCUT2D eigenvalue weighted by Crippen LogP contribution is 2.55. The van der Waals surface area contributed by atoms with Gasteiger partial charge in [0.2, 0.25) is 0 Å². The van der Waals surface area contributed by atoms with Crippen LogP contribution in [0.3, 0.4) is 0 Å². The average molecular weight is 440 g/mol. The van der Waals surface area contributed by atoms with Crippen molar-refractivity contribution >= 4 is 16.9 Å². The van der Waals surface area contributed by atoms with E-state index in [1.165, 1.54) is 5.56 Å². The van der Waals surface area contributed by atoms with E-state index in [0.717, 1.165) is 36.2 Å². The van der Waals surface area contributed by atoms with Crippen LogP contribution < -0.4 is 5.32 Å². The summed E-state index contributed by atoms with van der Waals surface area (Å²) in [5.74, 6) is 0.901. The Balaban J connectivity index is 1.45. The van der Waals surface area contributed by atoms with Gasteiger partial charge in [0.05, 0.1) is 22.3 Å². The third-order valence-corrected chi connectivity index (χ3v) is 6.72. The summed E-state index contributed by atoms with van der Waals surface area (Å²) in [7, 11) is 0. The van der Waals surface area contributed by atoms with Crippen LogP contribution in [0.5, 0.6) is 5.75 Å². The minimum absolute atomic E-state index is 0.0171. The molecule has 1 amide bonds. The van der Waals surface area contributed by atoms with Crippen LogP contribution in [0.25, 0.3) is 22.3 Å². The van der Waals surface area contributed by atoms with Crippen LogP contribution in [0, 0.1) is 0 Å². The molecule has 7 heteroatoms. The third-order valence-electron chi connectivity index (χ3n) is 6.72. The van der Waals surface area contributed by atoms with Gasteiger partial charge in [-0.15, -0.1) is 0 Å². The van der Waals surface area contributed by atoms with E-state index in [0.29, 0.717) is 35.9 Å². The fraction of sp³-hybridized carbons (Fsp3) is 0.269. The van der Waals surface area contributed by atoms with Crippen LogP contribution in [-0.2, 0) is 0 Å². The fourth-order valence-electron chi connectivity index (χ4n) is 4.88. The Hall–Kier alpha value is -3.71. The van der Waals surface area contributed by atoms with Crippen molar-refractivity contribution in [3.05, 3.63) is 77.5 Å². The van der Waals surface area contributed by atoms with Gasteiger partial charge in [-0.25, -0.2) is 4.98 Å². The number of hydrogen-bond donors (Lipinski definition) is 3. The van der Waals surface area contributed by atoms with E-state index < -0.39 is 0 Å². The first-order valence-electron chi connectivity index (χ1n) is 11.4. The van der Waals surface area contributed by atoms with Crippen molar-refractivity contribution in [2.45, 2.75) is 18.3 Å². The van der Waals surface area contributed by atoms with Crippen molar-refractivity contribution in [1.29, 1.82) is 0 Å². The molecule has 0 spiro atoms. The Morgan fingerprint density at radius 1 is 1.00 bits per heavy atom. The van der Waals surface area contributed by atoms with Crippen LogP contribution >= 0.6 is 0 Å². The second-order valence-corrected chi connectivity index (χ2v) is 8.84. The number of amides is 1. The molecule has 2 aromatic heterocycles. The summed E-state index contributed by atoms with van der Waals surface area (Å²) in [6, 6.07) is 19.3. The molecule has 0 radical (unpaired) electrons. The number of nitrogens with zero attached hydrogens (tertiary/aromatic N) is 3. The smallest absolute Gasteiger partial charge is 0.254 e. The maximum Gasteiger partial charge on any atom is 0.254 e. The second-order valence-electron chi connectivity index (χ2n) is 8.84. The normalized spacial score (nSPS) is 20.2. The summed E-state index contributed by atoms with van der Waals surface area (Å²) >= 11 is 0. The number of aromatic hydroxyl groups is 1. The van der Waals surface area contributed by atoms with Gasteiger partial charge in [-0.3, -0.25) is 9.89 Å². The Bertz CT molecular complexity index is 1310. The van der Waals surface area contributed by atoms with Gasteiger partial charge in [0.25, 0.3) is 5.91 Å². The van der Waals surface area contributed by atoms with Gasteiger partial charge in [0, 0.05) is 37.7 Å². The van der Waals surface area contributed by atoms with E-state index in [-0.39, 0.29) is 17.6 Å². The molecule has 1 saturated carbocycles. The molecule has 4 aromatic rings. The second kappa shape index (κ2) is 8.01. The first-order valence-corrected chi connectivity index (χ1v) is 11.4. The van der Waals surface area contributed by atoms with Gasteiger partial charge in [-0.05, 0) is 48.2 Å². The third kappa shape index (κ3) is 3.64. The predicted octanol–water partition coefficient (Wildman–Crippen LogP) is 3.65. The first kappa shape index (κ1) is 19.9.